The minimum absolute atomic E-state index is 0.0169. The standard InChI is InChI=1S/C18H28FN3O2.C8H9Cl/c1-4-5-7-17(16(3)23)22-13-12-21(14-15(22)2)18(24)8-6-10-20-11-9-19;1-2-7-5-3-4-6-8(7)9/h6-8,20H,2,4-5,9-14H2,1,3H3;3-6H,2H2,1H3/b8-6+,17-7-;. The number of hydrogen-bond acceptors (Lipinski definition) is 4. The van der Waals surface area contributed by atoms with E-state index in [4.69, 9.17) is 11.6 Å². The summed E-state index contributed by atoms with van der Waals surface area (Å²) in [5, 5.41) is 3.73. The molecule has 5 nitrogen and oxygen atoms in total. The number of amides is 1. The summed E-state index contributed by atoms with van der Waals surface area (Å²) in [6.45, 7) is 11.6. The van der Waals surface area contributed by atoms with Crippen molar-refractivity contribution in [2.24, 2.45) is 0 Å². The fourth-order valence-corrected chi connectivity index (χ4v) is 3.54. The number of nitrogens with zero attached hydrogens (tertiary/aromatic N) is 2. The lowest BCUT2D eigenvalue weighted by atomic mass is 10.1. The predicted molar refractivity (Wildman–Crippen MR) is 135 cm³/mol. The summed E-state index contributed by atoms with van der Waals surface area (Å²) in [5.41, 5.74) is 2.63. The van der Waals surface area contributed by atoms with Gasteiger partial charge in [0.05, 0.1) is 12.2 Å². The van der Waals surface area contributed by atoms with Crippen LogP contribution in [0.1, 0.15) is 39.2 Å². The molecule has 0 aromatic heterocycles. The number of piperazine rings is 1. The van der Waals surface area contributed by atoms with Crippen LogP contribution in [0.2, 0.25) is 5.02 Å². The third-order valence-corrected chi connectivity index (χ3v) is 5.44. The maximum absolute atomic E-state index is 12.2. The van der Waals surface area contributed by atoms with Gasteiger partial charge in [0.1, 0.15) is 6.67 Å². The normalized spacial score (nSPS) is 14.3. The second kappa shape index (κ2) is 16.2. The summed E-state index contributed by atoms with van der Waals surface area (Å²) in [7, 11) is 0. The Bertz CT molecular complexity index is 839. The molecule has 1 N–H and O–H groups in total. The number of nitrogens with one attached hydrogen (secondary N) is 1. The van der Waals surface area contributed by atoms with Crippen LogP contribution in [-0.4, -0.2) is 60.9 Å². The fraction of sp³-hybridized carbons (Fsp3) is 0.462. The smallest absolute Gasteiger partial charge is 0.246 e. The molecule has 7 heteroatoms. The van der Waals surface area contributed by atoms with Gasteiger partial charge in [-0.3, -0.25) is 9.59 Å². The summed E-state index contributed by atoms with van der Waals surface area (Å²) in [4.78, 5) is 27.6. The number of benzene rings is 1. The highest BCUT2D eigenvalue weighted by Crippen LogP contribution is 2.19. The largest absolute Gasteiger partial charge is 0.340 e. The van der Waals surface area contributed by atoms with Gasteiger partial charge in [-0.1, -0.05) is 68.8 Å². The van der Waals surface area contributed by atoms with Crippen molar-refractivity contribution in [3.8, 4) is 0 Å². The summed E-state index contributed by atoms with van der Waals surface area (Å²) in [5.74, 6) is -0.0806. The molecule has 0 atom stereocenters. The maximum Gasteiger partial charge on any atom is 0.246 e. The van der Waals surface area contributed by atoms with Gasteiger partial charge in [0.15, 0.2) is 5.78 Å². The van der Waals surface area contributed by atoms with E-state index in [0.29, 0.717) is 31.9 Å². The van der Waals surface area contributed by atoms with E-state index >= 15 is 0 Å². The summed E-state index contributed by atoms with van der Waals surface area (Å²) < 4.78 is 11.9. The lowest BCUT2D eigenvalue weighted by molar-refractivity contribution is -0.126. The number of carbonyl (C=O) groups excluding carboxylic acids is 2. The van der Waals surface area contributed by atoms with Gasteiger partial charge in [-0.2, -0.15) is 0 Å². The minimum atomic E-state index is -0.423. The van der Waals surface area contributed by atoms with Gasteiger partial charge in [-0.15, -0.1) is 0 Å². The second-order valence-electron chi connectivity index (χ2n) is 7.65. The highest BCUT2D eigenvalue weighted by molar-refractivity contribution is 6.31. The SMILES string of the molecule is C=C1CN(C(=O)/C=C/CNCCF)CCN1/C(=C\CCC)C(C)=O.CCc1ccccc1Cl. The lowest BCUT2D eigenvalue weighted by Crippen LogP contribution is -2.46. The van der Waals surface area contributed by atoms with E-state index in [1.807, 2.05) is 35.2 Å². The molecule has 1 aliphatic rings. The zero-order valence-corrected chi connectivity index (χ0v) is 20.8. The topological polar surface area (TPSA) is 52.7 Å². The van der Waals surface area contributed by atoms with Crippen molar-refractivity contribution in [3.05, 3.63) is 71.1 Å². The van der Waals surface area contributed by atoms with Crippen LogP contribution in [0.3, 0.4) is 0 Å². The van der Waals surface area contributed by atoms with Crippen LogP contribution >= 0.6 is 11.6 Å². The number of hydrogen-bond donors (Lipinski definition) is 1. The molecule has 1 aromatic carbocycles. The molecule has 1 saturated heterocycles. The minimum Gasteiger partial charge on any atom is -0.340 e. The second-order valence-corrected chi connectivity index (χ2v) is 8.06. The molecule has 0 aliphatic carbocycles. The van der Waals surface area contributed by atoms with Gasteiger partial charge >= 0.3 is 0 Å². The Morgan fingerprint density at radius 3 is 2.52 bits per heavy atom. The summed E-state index contributed by atoms with van der Waals surface area (Å²) in [6, 6.07) is 7.91. The Hall–Kier alpha value is -2.44. The monoisotopic (exact) mass is 477 g/mol. The third kappa shape index (κ3) is 10.4. The molecule has 2 rings (SSSR count). The molecule has 0 radical (unpaired) electrons. The summed E-state index contributed by atoms with van der Waals surface area (Å²) in [6.07, 6.45) is 7.96. The zero-order valence-electron chi connectivity index (χ0n) is 20.1. The highest BCUT2D eigenvalue weighted by atomic mass is 35.5. The van der Waals surface area contributed by atoms with Gasteiger partial charge in [0, 0.05) is 49.9 Å². The van der Waals surface area contributed by atoms with Gasteiger partial charge in [-0.25, -0.2) is 4.39 Å². The number of ketones is 1. The molecule has 1 fully saturated rings. The van der Waals surface area contributed by atoms with Gasteiger partial charge in [-0.05, 0) is 24.5 Å². The van der Waals surface area contributed by atoms with Crippen molar-refractivity contribution < 1.29 is 14.0 Å². The first-order valence-electron chi connectivity index (χ1n) is 11.5. The first kappa shape index (κ1) is 28.6. The number of halogens is 2. The van der Waals surface area contributed by atoms with Crippen molar-refractivity contribution in [2.45, 2.75) is 40.0 Å². The van der Waals surface area contributed by atoms with Gasteiger partial charge in [0.2, 0.25) is 5.91 Å². The van der Waals surface area contributed by atoms with Crippen molar-refractivity contribution in [1.82, 2.24) is 15.1 Å². The molecular weight excluding hydrogens is 441 g/mol. The predicted octanol–water partition coefficient (Wildman–Crippen LogP) is 4.94. The molecule has 33 heavy (non-hydrogen) atoms. The molecule has 182 valence electrons. The maximum atomic E-state index is 12.2. The molecule has 0 saturated carbocycles. The zero-order chi connectivity index (χ0) is 24.6. The van der Waals surface area contributed by atoms with Crippen LogP contribution < -0.4 is 5.32 Å². The van der Waals surface area contributed by atoms with E-state index in [1.54, 1.807) is 17.9 Å². The van der Waals surface area contributed by atoms with Gasteiger partial charge in [0.25, 0.3) is 0 Å². The van der Waals surface area contributed by atoms with Crippen LogP contribution in [0.15, 0.2) is 60.5 Å². The van der Waals surface area contributed by atoms with E-state index in [-0.39, 0.29) is 18.2 Å². The Balaban J connectivity index is 0.000000502. The number of Topliss-reactive ketones (excluding diaryl/α,β-unsaturated/α-hetero) is 1. The molecule has 0 spiro atoms. The van der Waals surface area contributed by atoms with E-state index < -0.39 is 6.67 Å². The number of alkyl halides is 1. The van der Waals surface area contributed by atoms with E-state index in [1.165, 1.54) is 11.6 Å². The third-order valence-electron chi connectivity index (χ3n) is 5.07. The number of aryl methyl sites for hydroxylation is 1. The molecule has 1 amide bonds. The Kier molecular flexibility index (Phi) is 14.1. The van der Waals surface area contributed by atoms with Gasteiger partial charge < -0.3 is 15.1 Å². The first-order chi connectivity index (χ1) is 15.8. The number of allylic oxidation sites excluding steroid dienone is 2. The molecule has 1 aromatic rings. The van der Waals surface area contributed by atoms with E-state index in [2.05, 4.69) is 25.7 Å². The van der Waals surface area contributed by atoms with Crippen molar-refractivity contribution in [1.29, 1.82) is 0 Å². The lowest BCUT2D eigenvalue weighted by Gasteiger charge is -2.38. The van der Waals surface area contributed by atoms with E-state index in [9.17, 15) is 14.0 Å². The van der Waals surface area contributed by atoms with E-state index in [0.717, 1.165) is 30.0 Å². The fourth-order valence-electron chi connectivity index (χ4n) is 3.27. The van der Waals surface area contributed by atoms with Crippen LogP contribution in [0, 0.1) is 0 Å². The number of rotatable bonds is 10. The average molecular weight is 478 g/mol. The highest BCUT2D eigenvalue weighted by Gasteiger charge is 2.25. The quantitative estimate of drug-likeness (QED) is 0.383. The van der Waals surface area contributed by atoms with Crippen LogP contribution in [-0.2, 0) is 16.0 Å². The number of unbranched alkanes of at least 4 members (excludes halogenated alkanes) is 1. The van der Waals surface area contributed by atoms with Crippen molar-refractivity contribution >= 4 is 23.3 Å². The molecule has 1 aliphatic heterocycles. The van der Waals surface area contributed by atoms with Crippen LogP contribution in [0.25, 0.3) is 0 Å². The molecule has 0 unspecified atom stereocenters. The van der Waals surface area contributed by atoms with Crippen molar-refractivity contribution in [2.75, 3.05) is 39.4 Å². The Morgan fingerprint density at radius 2 is 1.97 bits per heavy atom. The van der Waals surface area contributed by atoms with Crippen molar-refractivity contribution in [3.63, 3.8) is 0 Å². The Labute approximate surface area is 203 Å². The average Bonchev–Trinajstić information content (AvgIpc) is 2.80. The molecule has 0 bridgehead atoms. The Morgan fingerprint density at radius 1 is 1.24 bits per heavy atom. The molecular formula is C26H37ClFN3O2. The van der Waals surface area contributed by atoms with Crippen LogP contribution in [0.4, 0.5) is 4.39 Å². The number of carbonyl (C=O) groups is 2. The first-order valence-corrected chi connectivity index (χ1v) is 11.8. The van der Waals surface area contributed by atoms with Crippen LogP contribution in [0.5, 0.6) is 0 Å². The molecule has 1 heterocycles. The summed E-state index contributed by atoms with van der Waals surface area (Å²) >= 11 is 5.82.